The molecule has 0 saturated carbocycles. The van der Waals surface area contributed by atoms with Crippen LogP contribution >= 0.6 is 0 Å². The third-order valence-electron chi connectivity index (χ3n) is 1.95. The lowest BCUT2D eigenvalue weighted by molar-refractivity contribution is -0.144. The van der Waals surface area contributed by atoms with E-state index in [2.05, 4.69) is 0 Å². The number of hydrogen-bond acceptors (Lipinski definition) is 3. The Bertz CT molecular complexity index is 155. The van der Waals surface area contributed by atoms with Gasteiger partial charge >= 0.3 is 0 Å². The van der Waals surface area contributed by atoms with Crippen molar-refractivity contribution in [3.8, 4) is 0 Å². The van der Waals surface area contributed by atoms with Crippen LogP contribution in [-0.4, -0.2) is 41.7 Å². The number of aliphatic hydroxyl groups is 1. The molecule has 0 aromatic heterocycles. The molecule has 1 aliphatic rings. The molecule has 64 valence electrons. The van der Waals surface area contributed by atoms with Gasteiger partial charge in [0, 0.05) is 25.6 Å². The van der Waals surface area contributed by atoms with Gasteiger partial charge in [0.15, 0.2) is 0 Å². The molecule has 0 bridgehead atoms. The predicted molar refractivity (Wildman–Crippen MR) is 40.8 cm³/mol. The van der Waals surface area contributed by atoms with Crippen molar-refractivity contribution in [1.29, 1.82) is 0 Å². The van der Waals surface area contributed by atoms with Gasteiger partial charge in [0.1, 0.15) is 0 Å². The molecule has 0 aromatic carbocycles. The quantitative estimate of drug-likeness (QED) is 0.529. The summed E-state index contributed by atoms with van der Waals surface area (Å²) in [7, 11) is 0. The Morgan fingerprint density at radius 1 is 1.82 bits per heavy atom. The lowest BCUT2D eigenvalue weighted by Crippen LogP contribution is -2.55. The molecule has 1 fully saturated rings. The zero-order valence-corrected chi connectivity index (χ0v) is 6.66. The first-order valence-electron chi connectivity index (χ1n) is 3.82. The van der Waals surface area contributed by atoms with Gasteiger partial charge in [-0.15, -0.1) is 0 Å². The molecule has 1 heterocycles. The van der Waals surface area contributed by atoms with Crippen LogP contribution in [0.25, 0.3) is 0 Å². The molecule has 1 unspecified atom stereocenters. The normalized spacial score (nSPS) is 21.2. The second-order valence-corrected chi connectivity index (χ2v) is 3.03. The lowest BCUT2D eigenvalue weighted by atomic mass is 10.1. The summed E-state index contributed by atoms with van der Waals surface area (Å²) in [6, 6.07) is 0. The standard InChI is InChI=1S/C7H14N2O2/c1-5(2-8)7(11)9-3-6(10)4-9/h5-6,10H,2-4,8H2,1H3. The van der Waals surface area contributed by atoms with Crippen molar-refractivity contribution in [2.45, 2.75) is 13.0 Å². The van der Waals surface area contributed by atoms with Crippen LogP contribution in [0, 0.1) is 5.92 Å². The first kappa shape index (κ1) is 8.49. The highest BCUT2D eigenvalue weighted by molar-refractivity contribution is 5.79. The molecule has 4 nitrogen and oxygen atoms in total. The molecular formula is C7H14N2O2. The van der Waals surface area contributed by atoms with E-state index in [1.807, 2.05) is 0 Å². The monoisotopic (exact) mass is 158 g/mol. The van der Waals surface area contributed by atoms with Gasteiger partial charge in [-0.25, -0.2) is 0 Å². The van der Waals surface area contributed by atoms with Crippen LogP contribution in [0.4, 0.5) is 0 Å². The number of β-amino-alcohol motifs (C(OH)–C–C–N with tert-alkyl or cyclic N) is 1. The SMILES string of the molecule is CC(CN)C(=O)N1CC(O)C1. The van der Waals surface area contributed by atoms with Crippen molar-refractivity contribution in [1.82, 2.24) is 4.90 Å². The number of aliphatic hydroxyl groups excluding tert-OH is 1. The van der Waals surface area contributed by atoms with E-state index in [1.165, 1.54) is 0 Å². The highest BCUT2D eigenvalue weighted by atomic mass is 16.3. The van der Waals surface area contributed by atoms with Crippen molar-refractivity contribution < 1.29 is 9.90 Å². The molecule has 1 saturated heterocycles. The number of likely N-dealkylation sites (tertiary alicyclic amines) is 1. The van der Waals surface area contributed by atoms with Crippen LogP contribution in [0.3, 0.4) is 0 Å². The summed E-state index contributed by atoms with van der Waals surface area (Å²) < 4.78 is 0. The Hall–Kier alpha value is -0.610. The maximum absolute atomic E-state index is 11.2. The van der Waals surface area contributed by atoms with Gasteiger partial charge in [-0.2, -0.15) is 0 Å². The summed E-state index contributed by atoms with van der Waals surface area (Å²) in [5, 5.41) is 8.90. The van der Waals surface area contributed by atoms with Crippen molar-refractivity contribution in [3.63, 3.8) is 0 Å². The number of carbonyl (C=O) groups is 1. The molecule has 1 amide bonds. The van der Waals surface area contributed by atoms with Crippen molar-refractivity contribution in [3.05, 3.63) is 0 Å². The molecule has 1 atom stereocenters. The van der Waals surface area contributed by atoms with E-state index in [-0.39, 0.29) is 17.9 Å². The van der Waals surface area contributed by atoms with Crippen LogP contribution < -0.4 is 5.73 Å². The Labute approximate surface area is 66.0 Å². The molecule has 3 N–H and O–H groups in total. The zero-order chi connectivity index (χ0) is 8.43. The molecule has 11 heavy (non-hydrogen) atoms. The summed E-state index contributed by atoms with van der Waals surface area (Å²) in [6.45, 7) is 3.13. The first-order valence-corrected chi connectivity index (χ1v) is 3.82. The maximum Gasteiger partial charge on any atom is 0.226 e. The van der Waals surface area contributed by atoms with Gasteiger partial charge < -0.3 is 15.7 Å². The summed E-state index contributed by atoms with van der Waals surface area (Å²) >= 11 is 0. The van der Waals surface area contributed by atoms with Gasteiger partial charge in [-0.1, -0.05) is 6.92 Å². The molecular weight excluding hydrogens is 144 g/mol. The highest BCUT2D eigenvalue weighted by Crippen LogP contribution is 2.11. The number of nitrogens with two attached hydrogens (primary N) is 1. The minimum Gasteiger partial charge on any atom is -0.389 e. The maximum atomic E-state index is 11.2. The van der Waals surface area contributed by atoms with E-state index in [4.69, 9.17) is 10.8 Å². The van der Waals surface area contributed by atoms with E-state index < -0.39 is 0 Å². The average molecular weight is 158 g/mol. The molecule has 0 radical (unpaired) electrons. The summed E-state index contributed by atoms with van der Waals surface area (Å²) in [4.78, 5) is 12.9. The summed E-state index contributed by atoms with van der Waals surface area (Å²) in [6.07, 6.45) is -0.316. The van der Waals surface area contributed by atoms with E-state index in [0.717, 1.165) is 0 Å². The number of amides is 1. The summed E-state index contributed by atoms with van der Waals surface area (Å²) in [5.74, 6) is -0.0553. The van der Waals surface area contributed by atoms with Gasteiger partial charge in [-0.05, 0) is 0 Å². The van der Waals surface area contributed by atoms with E-state index in [1.54, 1.807) is 11.8 Å². The zero-order valence-electron chi connectivity index (χ0n) is 6.66. The van der Waals surface area contributed by atoms with Crippen LogP contribution in [0.15, 0.2) is 0 Å². The molecule has 1 aliphatic heterocycles. The summed E-state index contributed by atoms with van der Waals surface area (Å²) in [5.41, 5.74) is 5.31. The van der Waals surface area contributed by atoms with Crippen LogP contribution in [-0.2, 0) is 4.79 Å². The van der Waals surface area contributed by atoms with Gasteiger partial charge in [0.25, 0.3) is 0 Å². The van der Waals surface area contributed by atoms with E-state index in [0.29, 0.717) is 19.6 Å². The van der Waals surface area contributed by atoms with Gasteiger partial charge in [0.2, 0.25) is 5.91 Å². The third-order valence-corrected chi connectivity index (χ3v) is 1.95. The van der Waals surface area contributed by atoms with Crippen LogP contribution in [0.5, 0.6) is 0 Å². The van der Waals surface area contributed by atoms with Gasteiger partial charge in [-0.3, -0.25) is 4.79 Å². The minimum atomic E-state index is -0.316. The van der Waals surface area contributed by atoms with Crippen molar-refractivity contribution in [2.75, 3.05) is 19.6 Å². The fourth-order valence-corrected chi connectivity index (χ4v) is 1.05. The number of hydrogen-bond donors (Lipinski definition) is 2. The smallest absolute Gasteiger partial charge is 0.226 e. The third kappa shape index (κ3) is 1.70. The number of nitrogens with zero attached hydrogens (tertiary/aromatic N) is 1. The first-order chi connectivity index (χ1) is 5.15. The Morgan fingerprint density at radius 3 is 2.73 bits per heavy atom. The average Bonchev–Trinajstić information content (AvgIpc) is 1.96. The fraction of sp³-hybridized carbons (Fsp3) is 0.857. The second kappa shape index (κ2) is 3.19. The Kier molecular flexibility index (Phi) is 2.46. The van der Waals surface area contributed by atoms with E-state index in [9.17, 15) is 4.79 Å². The highest BCUT2D eigenvalue weighted by Gasteiger charge is 2.30. The largest absolute Gasteiger partial charge is 0.389 e. The topological polar surface area (TPSA) is 66.6 Å². The molecule has 1 rings (SSSR count). The minimum absolute atomic E-state index is 0.0535. The van der Waals surface area contributed by atoms with Gasteiger partial charge in [0.05, 0.1) is 6.10 Å². The fourth-order valence-electron chi connectivity index (χ4n) is 1.05. The number of rotatable bonds is 2. The predicted octanol–water partition coefficient (Wildman–Crippen LogP) is -1.22. The second-order valence-electron chi connectivity index (χ2n) is 3.03. The molecule has 0 spiro atoms. The number of carbonyl (C=O) groups excluding carboxylic acids is 1. The van der Waals surface area contributed by atoms with Crippen LogP contribution in [0.2, 0.25) is 0 Å². The van der Waals surface area contributed by atoms with E-state index >= 15 is 0 Å². The van der Waals surface area contributed by atoms with Crippen molar-refractivity contribution >= 4 is 5.91 Å². The Balaban J connectivity index is 2.31. The van der Waals surface area contributed by atoms with Crippen molar-refractivity contribution in [2.24, 2.45) is 11.7 Å². The molecule has 4 heteroatoms. The molecule has 0 aliphatic carbocycles. The lowest BCUT2D eigenvalue weighted by Gasteiger charge is -2.37. The van der Waals surface area contributed by atoms with Crippen LogP contribution in [0.1, 0.15) is 6.92 Å². The molecule has 0 aromatic rings. The Morgan fingerprint density at radius 2 is 2.36 bits per heavy atom.